The predicted molar refractivity (Wildman–Crippen MR) is 96.6 cm³/mol. The Kier molecular flexibility index (Phi) is 3.83. The Labute approximate surface area is 157 Å². The fourth-order valence-corrected chi connectivity index (χ4v) is 4.95. The van der Waals surface area contributed by atoms with E-state index in [4.69, 9.17) is 0 Å². The summed E-state index contributed by atoms with van der Waals surface area (Å²) in [5.41, 5.74) is 0.939. The Morgan fingerprint density at radius 1 is 1.07 bits per heavy atom. The molecule has 2 atom stereocenters. The number of hydrogen-bond donors (Lipinski definition) is 0. The van der Waals surface area contributed by atoms with Gasteiger partial charge < -0.3 is 4.90 Å². The van der Waals surface area contributed by atoms with Crippen LogP contribution in [0.5, 0.6) is 0 Å². The molecule has 0 radical (unpaired) electrons. The van der Waals surface area contributed by atoms with Crippen LogP contribution in [0.4, 0.5) is 19.0 Å². The molecule has 2 saturated heterocycles. The standard InChI is InChI=1S/C18H16F3N5S/c19-18(20,21)15-2-1-11(6-22-15)7-25-8-13-5-12(25)9-26(13)17-16-14(3-4-27-16)23-10-24-17/h1-4,6,10,12-13H,5,7-9H2. The van der Waals surface area contributed by atoms with E-state index in [2.05, 4.69) is 24.8 Å². The zero-order valence-corrected chi connectivity index (χ0v) is 15.0. The summed E-state index contributed by atoms with van der Waals surface area (Å²) in [6, 6.07) is 5.34. The molecule has 0 saturated carbocycles. The third-order valence-electron chi connectivity index (χ3n) is 5.35. The number of anilines is 1. The number of hydrogen-bond acceptors (Lipinski definition) is 6. The van der Waals surface area contributed by atoms with Crippen molar-refractivity contribution in [2.24, 2.45) is 0 Å². The third kappa shape index (κ3) is 2.94. The van der Waals surface area contributed by atoms with Crippen LogP contribution in [-0.2, 0) is 12.7 Å². The van der Waals surface area contributed by atoms with Crippen LogP contribution in [-0.4, -0.2) is 45.0 Å². The Balaban J connectivity index is 1.30. The third-order valence-corrected chi connectivity index (χ3v) is 6.25. The van der Waals surface area contributed by atoms with Crippen molar-refractivity contribution in [3.63, 3.8) is 0 Å². The molecule has 0 aromatic carbocycles. The van der Waals surface area contributed by atoms with Gasteiger partial charge in [0.05, 0.1) is 10.2 Å². The molecule has 9 heteroatoms. The van der Waals surface area contributed by atoms with Crippen molar-refractivity contribution in [1.29, 1.82) is 0 Å². The molecule has 5 nitrogen and oxygen atoms in total. The summed E-state index contributed by atoms with van der Waals surface area (Å²) in [5, 5.41) is 2.03. The SMILES string of the molecule is FC(F)(F)c1ccc(CN2CC3CC2CN3c2ncnc3ccsc23)cn1. The fraction of sp³-hybridized carbons (Fsp3) is 0.389. The molecular weight excluding hydrogens is 375 g/mol. The zero-order valence-electron chi connectivity index (χ0n) is 14.2. The van der Waals surface area contributed by atoms with Gasteiger partial charge >= 0.3 is 6.18 Å². The maximum absolute atomic E-state index is 12.7. The Bertz CT molecular complexity index is 971. The van der Waals surface area contributed by atoms with Gasteiger partial charge in [0.25, 0.3) is 0 Å². The number of pyridine rings is 1. The first kappa shape index (κ1) is 16.9. The minimum atomic E-state index is -4.39. The fourth-order valence-electron chi connectivity index (χ4n) is 4.10. The highest BCUT2D eigenvalue weighted by Gasteiger charge is 2.44. The minimum Gasteiger partial charge on any atom is -0.349 e. The highest BCUT2D eigenvalue weighted by molar-refractivity contribution is 7.17. The lowest BCUT2D eigenvalue weighted by atomic mass is 10.2. The largest absolute Gasteiger partial charge is 0.433 e. The van der Waals surface area contributed by atoms with E-state index in [0.29, 0.717) is 18.6 Å². The van der Waals surface area contributed by atoms with Gasteiger partial charge in [0.2, 0.25) is 0 Å². The van der Waals surface area contributed by atoms with Gasteiger partial charge in [0, 0.05) is 37.9 Å². The number of thiophene rings is 1. The molecule has 0 aliphatic carbocycles. The summed E-state index contributed by atoms with van der Waals surface area (Å²) in [6.07, 6.45) is -0.393. The van der Waals surface area contributed by atoms with E-state index < -0.39 is 11.9 Å². The first-order chi connectivity index (χ1) is 13.0. The maximum atomic E-state index is 12.7. The van der Waals surface area contributed by atoms with Gasteiger partial charge in [-0.05, 0) is 29.5 Å². The van der Waals surface area contributed by atoms with Gasteiger partial charge in [-0.15, -0.1) is 11.3 Å². The lowest BCUT2D eigenvalue weighted by Gasteiger charge is -2.35. The molecule has 2 aliphatic heterocycles. The maximum Gasteiger partial charge on any atom is 0.433 e. The second-order valence-corrected chi connectivity index (χ2v) is 7.92. The van der Waals surface area contributed by atoms with E-state index in [0.717, 1.165) is 47.2 Å². The number of rotatable bonds is 3. The molecule has 2 aliphatic rings. The van der Waals surface area contributed by atoms with Gasteiger partial charge in [0.1, 0.15) is 17.8 Å². The van der Waals surface area contributed by atoms with E-state index in [9.17, 15) is 13.2 Å². The number of fused-ring (bicyclic) bond motifs is 3. The summed E-state index contributed by atoms with van der Waals surface area (Å²) in [6.45, 7) is 2.38. The van der Waals surface area contributed by atoms with Crippen LogP contribution < -0.4 is 4.90 Å². The van der Waals surface area contributed by atoms with E-state index in [1.54, 1.807) is 17.7 Å². The van der Waals surface area contributed by atoms with Crippen LogP contribution >= 0.6 is 11.3 Å². The number of piperazine rings is 1. The molecular formula is C18H16F3N5S. The van der Waals surface area contributed by atoms with Gasteiger partial charge in [-0.25, -0.2) is 9.97 Å². The summed E-state index contributed by atoms with van der Waals surface area (Å²) >= 11 is 1.65. The van der Waals surface area contributed by atoms with E-state index >= 15 is 0 Å². The van der Waals surface area contributed by atoms with Crippen molar-refractivity contribution >= 4 is 27.4 Å². The predicted octanol–water partition coefficient (Wildman–Crippen LogP) is 3.57. The summed E-state index contributed by atoms with van der Waals surface area (Å²) in [7, 11) is 0. The summed E-state index contributed by atoms with van der Waals surface area (Å²) < 4.78 is 39.1. The molecule has 2 fully saturated rings. The average molecular weight is 391 g/mol. The number of halogens is 3. The number of nitrogens with zero attached hydrogens (tertiary/aromatic N) is 5. The second-order valence-electron chi connectivity index (χ2n) is 7.01. The molecule has 3 aromatic heterocycles. The Morgan fingerprint density at radius 3 is 2.67 bits per heavy atom. The molecule has 5 heterocycles. The first-order valence-corrected chi connectivity index (χ1v) is 9.58. The quantitative estimate of drug-likeness (QED) is 0.683. The van der Waals surface area contributed by atoms with Crippen LogP contribution in [0.3, 0.4) is 0 Å². The lowest BCUT2D eigenvalue weighted by Crippen LogP contribution is -2.46. The first-order valence-electron chi connectivity index (χ1n) is 8.70. The monoisotopic (exact) mass is 391 g/mol. The van der Waals surface area contributed by atoms with Crippen LogP contribution in [0, 0.1) is 0 Å². The summed E-state index contributed by atoms with van der Waals surface area (Å²) in [4.78, 5) is 17.1. The van der Waals surface area contributed by atoms with Crippen molar-refractivity contribution in [3.05, 3.63) is 47.4 Å². The summed E-state index contributed by atoms with van der Waals surface area (Å²) in [5.74, 6) is 0.998. The number of likely N-dealkylation sites (tertiary alicyclic amines) is 1. The molecule has 0 N–H and O–H groups in total. The van der Waals surface area contributed by atoms with E-state index in [1.807, 2.05) is 11.4 Å². The zero-order chi connectivity index (χ0) is 18.6. The van der Waals surface area contributed by atoms with E-state index in [-0.39, 0.29) is 0 Å². The van der Waals surface area contributed by atoms with Gasteiger partial charge in [-0.3, -0.25) is 9.88 Å². The lowest BCUT2D eigenvalue weighted by molar-refractivity contribution is -0.141. The highest BCUT2D eigenvalue weighted by atomic mass is 32.1. The van der Waals surface area contributed by atoms with Crippen molar-refractivity contribution in [2.45, 2.75) is 31.2 Å². The highest BCUT2D eigenvalue weighted by Crippen LogP contribution is 2.38. The second kappa shape index (κ2) is 6.13. The van der Waals surface area contributed by atoms with Crippen molar-refractivity contribution in [1.82, 2.24) is 19.9 Å². The molecule has 27 heavy (non-hydrogen) atoms. The van der Waals surface area contributed by atoms with Crippen LogP contribution in [0.25, 0.3) is 10.2 Å². The molecule has 140 valence electrons. The minimum absolute atomic E-state index is 0.373. The molecule has 5 rings (SSSR count). The topological polar surface area (TPSA) is 45.2 Å². The van der Waals surface area contributed by atoms with Crippen LogP contribution in [0.15, 0.2) is 36.1 Å². The average Bonchev–Trinajstić information content (AvgIpc) is 3.36. The molecule has 0 spiro atoms. The van der Waals surface area contributed by atoms with Crippen molar-refractivity contribution in [3.8, 4) is 0 Å². The number of alkyl halides is 3. The molecule has 2 bridgehead atoms. The van der Waals surface area contributed by atoms with Crippen molar-refractivity contribution in [2.75, 3.05) is 18.0 Å². The number of aromatic nitrogens is 3. The molecule has 2 unspecified atom stereocenters. The van der Waals surface area contributed by atoms with E-state index in [1.165, 1.54) is 12.3 Å². The molecule has 3 aromatic rings. The van der Waals surface area contributed by atoms with Gasteiger partial charge in [0.15, 0.2) is 0 Å². The van der Waals surface area contributed by atoms with Crippen molar-refractivity contribution < 1.29 is 13.2 Å². The van der Waals surface area contributed by atoms with Crippen LogP contribution in [0.1, 0.15) is 17.7 Å². The smallest absolute Gasteiger partial charge is 0.349 e. The van der Waals surface area contributed by atoms with Gasteiger partial charge in [-0.2, -0.15) is 13.2 Å². The normalized spacial score (nSPS) is 22.9. The Morgan fingerprint density at radius 2 is 1.96 bits per heavy atom. The van der Waals surface area contributed by atoms with Crippen LogP contribution in [0.2, 0.25) is 0 Å². The Hall–Kier alpha value is -2.26. The molecule has 0 amide bonds. The van der Waals surface area contributed by atoms with Gasteiger partial charge in [-0.1, -0.05) is 6.07 Å².